The molecule has 3 atom stereocenters. The number of aliphatic carboxylic acids is 2. The van der Waals surface area contributed by atoms with Crippen LogP contribution in [0, 0.1) is 5.92 Å². The maximum absolute atomic E-state index is 10.2. The van der Waals surface area contributed by atoms with E-state index in [0.717, 1.165) is 6.42 Å². The normalized spacial score (nSPS) is 15.5. The Hall–Kier alpha value is -1.14. The van der Waals surface area contributed by atoms with Crippen LogP contribution in [0.1, 0.15) is 27.2 Å². The first-order chi connectivity index (χ1) is 6.73. The fourth-order valence-corrected chi connectivity index (χ4v) is 0.497. The van der Waals surface area contributed by atoms with E-state index in [2.05, 4.69) is 0 Å². The zero-order valence-corrected chi connectivity index (χ0v) is 9.30. The lowest BCUT2D eigenvalue weighted by molar-refractivity contribution is -0.140. The standard InChI is InChI=1S/C6H13NO2.C3H7NO2/c1-3-4(2)5(7)6(8)9;1-2(4)3(5)6/h4-5H,3,7H2,1-2H3,(H,8,9);2H,4H2,1H3,(H,5,6)/t4?,5-;2-/m00/s1. The van der Waals surface area contributed by atoms with Crippen molar-refractivity contribution in [1.82, 2.24) is 0 Å². The summed E-state index contributed by atoms with van der Waals surface area (Å²) in [6.07, 6.45) is 0.813. The van der Waals surface area contributed by atoms with Gasteiger partial charge in [0.15, 0.2) is 0 Å². The summed E-state index contributed by atoms with van der Waals surface area (Å²) in [7, 11) is 0. The number of carbonyl (C=O) groups is 2. The molecular weight excluding hydrogens is 200 g/mol. The molecule has 0 bridgehead atoms. The van der Waals surface area contributed by atoms with Gasteiger partial charge < -0.3 is 21.7 Å². The number of hydrogen-bond donors (Lipinski definition) is 4. The highest BCUT2D eigenvalue weighted by molar-refractivity contribution is 5.73. The predicted molar refractivity (Wildman–Crippen MR) is 56.4 cm³/mol. The van der Waals surface area contributed by atoms with Crippen LogP contribution in [0.2, 0.25) is 0 Å². The summed E-state index contributed by atoms with van der Waals surface area (Å²) in [5.41, 5.74) is 10.1. The molecule has 0 fully saturated rings. The van der Waals surface area contributed by atoms with Crippen molar-refractivity contribution in [3.8, 4) is 0 Å². The maximum atomic E-state index is 10.2. The number of carboxylic acid groups (broad SMARTS) is 2. The molecule has 90 valence electrons. The second-order valence-electron chi connectivity index (χ2n) is 3.38. The summed E-state index contributed by atoms with van der Waals surface area (Å²) in [4.78, 5) is 19.7. The van der Waals surface area contributed by atoms with Gasteiger partial charge in [-0.25, -0.2) is 0 Å². The Labute approximate surface area is 89.3 Å². The van der Waals surface area contributed by atoms with E-state index < -0.39 is 24.0 Å². The Bertz CT molecular complexity index is 206. The van der Waals surface area contributed by atoms with E-state index in [4.69, 9.17) is 21.7 Å². The summed E-state index contributed by atoms with van der Waals surface area (Å²) in [5.74, 6) is -1.80. The SMILES string of the molecule is CCC(C)[C@H](N)C(=O)O.C[C@H](N)C(=O)O. The number of hydrogen-bond acceptors (Lipinski definition) is 4. The van der Waals surface area contributed by atoms with Crippen LogP contribution in [0.5, 0.6) is 0 Å². The van der Waals surface area contributed by atoms with Crippen LogP contribution in [-0.2, 0) is 9.59 Å². The van der Waals surface area contributed by atoms with Crippen LogP contribution in [-0.4, -0.2) is 34.2 Å². The Morgan fingerprint density at radius 1 is 1.13 bits per heavy atom. The van der Waals surface area contributed by atoms with Gasteiger partial charge in [-0.2, -0.15) is 0 Å². The second-order valence-corrected chi connectivity index (χ2v) is 3.38. The van der Waals surface area contributed by atoms with Crippen LogP contribution in [0.3, 0.4) is 0 Å². The topological polar surface area (TPSA) is 127 Å². The Balaban J connectivity index is 0. The molecule has 0 aliphatic rings. The molecule has 0 amide bonds. The summed E-state index contributed by atoms with van der Waals surface area (Å²) in [5, 5.41) is 16.2. The molecule has 0 saturated carbocycles. The lowest BCUT2D eigenvalue weighted by atomic mass is 10.0. The molecule has 1 unspecified atom stereocenters. The zero-order valence-electron chi connectivity index (χ0n) is 9.30. The van der Waals surface area contributed by atoms with E-state index in [9.17, 15) is 9.59 Å². The molecule has 0 saturated heterocycles. The quantitative estimate of drug-likeness (QED) is 0.522. The van der Waals surface area contributed by atoms with Crippen molar-refractivity contribution in [1.29, 1.82) is 0 Å². The highest BCUT2D eigenvalue weighted by atomic mass is 16.4. The van der Waals surface area contributed by atoms with Crippen molar-refractivity contribution in [3.63, 3.8) is 0 Å². The summed E-state index contributed by atoms with van der Waals surface area (Å²) >= 11 is 0. The van der Waals surface area contributed by atoms with Gasteiger partial charge in [0, 0.05) is 0 Å². The molecule has 0 aromatic carbocycles. The van der Waals surface area contributed by atoms with Gasteiger partial charge in [-0.3, -0.25) is 9.59 Å². The number of rotatable bonds is 4. The van der Waals surface area contributed by atoms with Crippen molar-refractivity contribution in [3.05, 3.63) is 0 Å². The van der Waals surface area contributed by atoms with E-state index in [0.29, 0.717) is 0 Å². The molecule has 15 heavy (non-hydrogen) atoms. The summed E-state index contributed by atoms with van der Waals surface area (Å²) in [6, 6.07) is -1.43. The molecule has 0 aliphatic heterocycles. The average Bonchev–Trinajstić information content (AvgIpc) is 2.16. The molecule has 0 spiro atoms. The molecule has 0 rings (SSSR count). The largest absolute Gasteiger partial charge is 0.480 e. The minimum absolute atomic E-state index is 0.0718. The minimum atomic E-state index is -0.963. The lowest BCUT2D eigenvalue weighted by Gasteiger charge is -2.11. The maximum Gasteiger partial charge on any atom is 0.320 e. The fraction of sp³-hybridized carbons (Fsp3) is 0.778. The van der Waals surface area contributed by atoms with E-state index in [-0.39, 0.29) is 5.92 Å². The molecular formula is C9H20N2O4. The minimum Gasteiger partial charge on any atom is -0.480 e. The van der Waals surface area contributed by atoms with Gasteiger partial charge in [-0.1, -0.05) is 20.3 Å². The van der Waals surface area contributed by atoms with Gasteiger partial charge in [0.2, 0.25) is 0 Å². The molecule has 0 aliphatic carbocycles. The van der Waals surface area contributed by atoms with Crippen molar-refractivity contribution in [2.45, 2.75) is 39.3 Å². The van der Waals surface area contributed by atoms with Crippen LogP contribution in [0.15, 0.2) is 0 Å². The number of carboxylic acids is 2. The highest BCUT2D eigenvalue weighted by Crippen LogP contribution is 2.04. The van der Waals surface area contributed by atoms with Crippen LogP contribution in [0.4, 0.5) is 0 Å². The second kappa shape index (κ2) is 8.19. The first kappa shape index (κ1) is 16.3. The molecule has 6 nitrogen and oxygen atoms in total. The first-order valence-corrected chi connectivity index (χ1v) is 4.70. The zero-order chi connectivity index (χ0) is 12.6. The van der Waals surface area contributed by atoms with E-state index in [1.54, 1.807) is 0 Å². The number of nitrogens with two attached hydrogens (primary N) is 2. The monoisotopic (exact) mass is 220 g/mol. The summed E-state index contributed by atoms with van der Waals surface area (Å²) in [6.45, 7) is 5.18. The van der Waals surface area contributed by atoms with E-state index in [1.165, 1.54) is 6.92 Å². The lowest BCUT2D eigenvalue weighted by Crippen LogP contribution is -2.36. The third-order valence-corrected chi connectivity index (χ3v) is 1.93. The van der Waals surface area contributed by atoms with Crippen molar-refractivity contribution < 1.29 is 19.8 Å². The molecule has 6 heteroatoms. The predicted octanol–water partition coefficient (Wildman–Crippen LogP) is -0.137. The average molecular weight is 220 g/mol. The summed E-state index contributed by atoms with van der Waals surface area (Å²) < 4.78 is 0. The van der Waals surface area contributed by atoms with Gasteiger partial charge in [-0.05, 0) is 12.8 Å². The van der Waals surface area contributed by atoms with Gasteiger partial charge in [0.25, 0.3) is 0 Å². The molecule has 6 N–H and O–H groups in total. The Kier molecular flexibility index (Phi) is 8.90. The van der Waals surface area contributed by atoms with Crippen LogP contribution < -0.4 is 11.5 Å². The molecule has 0 heterocycles. The molecule has 0 aromatic rings. The first-order valence-electron chi connectivity index (χ1n) is 4.70. The third kappa shape index (κ3) is 9.17. The highest BCUT2D eigenvalue weighted by Gasteiger charge is 2.17. The van der Waals surface area contributed by atoms with Crippen molar-refractivity contribution in [2.24, 2.45) is 17.4 Å². The fourth-order valence-electron chi connectivity index (χ4n) is 0.497. The van der Waals surface area contributed by atoms with E-state index in [1.807, 2.05) is 13.8 Å². The van der Waals surface area contributed by atoms with Crippen molar-refractivity contribution >= 4 is 11.9 Å². The van der Waals surface area contributed by atoms with Gasteiger partial charge in [0.05, 0.1) is 0 Å². The Morgan fingerprint density at radius 3 is 1.53 bits per heavy atom. The smallest absolute Gasteiger partial charge is 0.320 e. The van der Waals surface area contributed by atoms with Gasteiger partial charge in [-0.15, -0.1) is 0 Å². The van der Waals surface area contributed by atoms with Crippen LogP contribution in [0.25, 0.3) is 0 Å². The van der Waals surface area contributed by atoms with Gasteiger partial charge >= 0.3 is 11.9 Å². The van der Waals surface area contributed by atoms with Gasteiger partial charge in [0.1, 0.15) is 12.1 Å². The Morgan fingerprint density at radius 2 is 1.47 bits per heavy atom. The molecule has 0 aromatic heterocycles. The van der Waals surface area contributed by atoms with E-state index >= 15 is 0 Å². The van der Waals surface area contributed by atoms with Crippen molar-refractivity contribution in [2.75, 3.05) is 0 Å². The molecule has 0 radical (unpaired) electrons. The van der Waals surface area contributed by atoms with Crippen LogP contribution >= 0.6 is 0 Å². The third-order valence-electron chi connectivity index (χ3n) is 1.93.